The zero-order valence-electron chi connectivity index (χ0n) is 17.6. The van der Waals surface area contributed by atoms with E-state index in [1.165, 1.54) is 9.87 Å². The van der Waals surface area contributed by atoms with Crippen LogP contribution in [0.1, 0.15) is 18.4 Å². The lowest BCUT2D eigenvalue weighted by molar-refractivity contribution is -0.164. The molecule has 0 radical (unpaired) electrons. The Morgan fingerprint density at radius 1 is 1.09 bits per heavy atom. The van der Waals surface area contributed by atoms with Crippen molar-refractivity contribution in [3.8, 4) is 0 Å². The zero-order chi connectivity index (χ0) is 22.3. The van der Waals surface area contributed by atoms with Gasteiger partial charge >= 0.3 is 0 Å². The van der Waals surface area contributed by atoms with Gasteiger partial charge in [-0.05, 0) is 42.0 Å². The molecule has 0 saturated carbocycles. The number of aromatic nitrogens is 1. The molecule has 2 aromatic rings. The van der Waals surface area contributed by atoms with Crippen molar-refractivity contribution in [2.45, 2.75) is 36.0 Å². The second kappa shape index (κ2) is 8.49. The molecule has 0 bridgehead atoms. The fourth-order valence-corrected chi connectivity index (χ4v) is 6.64. The second-order valence-corrected chi connectivity index (χ2v) is 11.4. The number of piperazine rings is 1. The Hall–Kier alpha value is -1.85. The molecule has 8 nitrogen and oxygen atoms in total. The SMILES string of the molecule is O=C1CN(S(=O)(=O)c2ccc(Br)cc2)CC2COC3(CCN(Cc4ccncc4)CC3)N12. The molecule has 1 aromatic heterocycles. The van der Waals surface area contributed by atoms with Crippen molar-refractivity contribution in [3.63, 3.8) is 0 Å². The highest BCUT2D eigenvalue weighted by Gasteiger charge is 2.54. The van der Waals surface area contributed by atoms with Crippen LogP contribution in [0.25, 0.3) is 0 Å². The third-order valence-corrected chi connectivity index (χ3v) is 8.94. The van der Waals surface area contributed by atoms with Crippen LogP contribution < -0.4 is 0 Å². The summed E-state index contributed by atoms with van der Waals surface area (Å²) in [6, 6.07) is 10.3. The van der Waals surface area contributed by atoms with Crippen molar-refractivity contribution in [3.05, 3.63) is 58.8 Å². The number of pyridine rings is 1. The molecule has 1 spiro atoms. The van der Waals surface area contributed by atoms with Gasteiger partial charge in [0.1, 0.15) is 5.72 Å². The molecule has 3 fully saturated rings. The first-order valence-electron chi connectivity index (χ1n) is 10.7. The molecule has 5 rings (SSSR count). The van der Waals surface area contributed by atoms with Gasteiger partial charge in [0, 0.05) is 55.9 Å². The summed E-state index contributed by atoms with van der Waals surface area (Å²) in [7, 11) is -3.74. The fraction of sp³-hybridized carbons (Fsp3) is 0.455. The Morgan fingerprint density at radius 3 is 2.47 bits per heavy atom. The van der Waals surface area contributed by atoms with Crippen molar-refractivity contribution >= 4 is 31.9 Å². The summed E-state index contributed by atoms with van der Waals surface area (Å²) in [6.07, 6.45) is 5.04. The average Bonchev–Trinajstić information content (AvgIpc) is 3.15. The first kappa shape index (κ1) is 22.0. The number of piperidine rings is 1. The van der Waals surface area contributed by atoms with Crippen LogP contribution in [0, 0.1) is 0 Å². The van der Waals surface area contributed by atoms with Gasteiger partial charge in [-0.1, -0.05) is 15.9 Å². The number of sulfonamides is 1. The average molecular weight is 521 g/mol. The van der Waals surface area contributed by atoms with E-state index in [9.17, 15) is 13.2 Å². The van der Waals surface area contributed by atoms with Crippen LogP contribution in [0.4, 0.5) is 0 Å². The summed E-state index contributed by atoms with van der Waals surface area (Å²) >= 11 is 3.33. The number of hydrogen-bond donors (Lipinski definition) is 0. The minimum atomic E-state index is -3.74. The molecule has 32 heavy (non-hydrogen) atoms. The highest BCUT2D eigenvalue weighted by atomic mass is 79.9. The lowest BCUT2D eigenvalue weighted by Crippen LogP contribution is -2.63. The molecule has 170 valence electrons. The maximum Gasteiger partial charge on any atom is 0.243 e. The van der Waals surface area contributed by atoms with Crippen LogP contribution in [0.2, 0.25) is 0 Å². The highest BCUT2D eigenvalue weighted by molar-refractivity contribution is 9.10. The Bertz CT molecular complexity index is 1090. The number of benzene rings is 1. The molecule has 4 heterocycles. The number of fused-ring (bicyclic) bond motifs is 2. The number of amides is 1. The van der Waals surface area contributed by atoms with Gasteiger partial charge in [0.05, 0.1) is 24.1 Å². The molecule has 3 aliphatic rings. The number of hydrogen-bond acceptors (Lipinski definition) is 6. The van der Waals surface area contributed by atoms with E-state index in [0.717, 1.165) is 36.9 Å². The third kappa shape index (κ3) is 3.99. The van der Waals surface area contributed by atoms with Crippen molar-refractivity contribution in [1.82, 2.24) is 19.1 Å². The van der Waals surface area contributed by atoms with E-state index in [0.29, 0.717) is 6.61 Å². The summed E-state index contributed by atoms with van der Waals surface area (Å²) in [6.45, 7) is 2.95. The maximum atomic E-state index is 13.2. The van der Waals surface area contributed by atoms with Crippen molar-refractivity contribution in [1.29, 1.82) is 0 Å². The number of rotatable bonds is 4. The van der Waals surface area contributed by atoms with E-state index in [4.69, 9.17) is 4.74 Å². The molecule has 1 aromatic carbocycles. The van der Waals surface area contributed by atoms with Crippen molar-refractivity contribution < 1.29 is 17.9 Å². The predicted molar refractivity (Wildman–Crippen MR) is 121 cm³/mol. The molecule has 0 aliphatic carbocycles. The highest BCUT2D eigenvalue weighted by Crippen LogP contribution is 2.40. The number of nitrogens with zero attached hydrogens (tertiary/aromatic N) is 4. The normalized spacial score (nSPS) is 24.1. The van der Waals surface area contributed by atoms with Crippen LogP contribution >= 0.6 is 15.9 Å². The Balaban J connectivity index is 1.27. The second-order valence-electron chi connectivity index (χ2n) is 8.56. The van der Waals surface area contributed by atoms with E-state index in [-0.39, 0.29) is 29.9 Å². The number of likely N-dealkylation sites (tertiary alicyclic amines) is 1. The minimum Gasteiger partial charge on any atom is -0.353 e. The quantitative estimate of drug-likeness (QED) is 0.613. The van der Waals surface area contributed by atoms with Crippen LogP contribution in [0.15, 0.2) is 58.2 Å². The molecule has 1 atom stereocenters. The Kier molecular flexibility index (Phi) is 5.83. The molecule has 3 aliphatic heterocycles. The van der Waals surface area contributed by atoms with Gasteiger partial charge in [-0.3, -0.25) is 14.7 Å². The van der Waals surface area contributed by atoms with E-state index in [2.05, 4.69) is 25.8 Å². The lowest BCUT2D eigenvalue weighted by Gasteiger charge is -2.47. The van der Waals surface area contributed by atoms with Crippen LogP contribution in [-0.4, -0.2) is 78.0 Å². The zero-order valence-corrected chi connectivity index (χ0v) is 20.0. The first-order chi connectivity index (χ1) is 15.4. The van der Waals surface area contributed by atoms with Gasteiger partial charge in [0.25, 0.3) is 0 Å². The number of carbonyl (C=O) groups excluding carboxylic acids is 1. The van der Waals surface area contributed by atoms with E-state index >= 15 is 0 Å². The Labute approximate surface area is 196 Å². The number of halogens is 1. The topological polar surface area (TPSA) is 83.0 Å². The number of ether oxygens (including phenoxy) is 1. The van der Waals surface area contributed by atoms with Crippen LogP contribution in [-0.2, 0) is 26.1 Å². The summed E-state index contributed by atoms with van der Waals surface area (Å²) < 4.78 is 34.5. The monoisotopic (exact) mass is 520 g/mol. The standard InChI is InChI=1S/C22H25BrN4O4S/c23-18-1-3-20(4-2-18)32(29,30)26-14-19-16-31-22(27(19)21(28)15-26)7-11-25(12-8-22)13-17-5-9-24-10-6-17/h1-6,9-10,19H,7-8,11-16H2. The summed E-state index contributed by atoms with van der Waals surface area (Å²) in [4.78, 5) is 21.6. The first-order valence-corrected chi connectivity index (χ1v) is 12.9. The van der Waals surface area contributed by atoms with Crippen molar-refractivity contribution in [2.75, 3.05) is 32.8 Å². The summed E-state index contributed by atoms with van der Waals surface area (Å²) in [5.74, 6) is -0.179. The molecule has 10 heteroatoms. The van der Waals surface area contributed by atoms with Gasteiger partial charge in [0.15, 0.2) is 0 Å². The van der Waals surface area contributed by atoms with E-state index in [1.54, 1.807) is 36.7 Å². The summed E-state index contributed by atoms with van der Waals surface area (Å²) in [5, 5.41) is 0. The maximum absolute atomic E-state index is 13.2. The van der Waals surface area contributed by atoms with Gasteiger partial charge in [-0.25, -0.2) is 8.42 Å². The molecular weight excluding hydrogens is 496 g/mol. The van der Waals surface area contributed by atoms with Gasteiger partial charge in [0.2, 0.25) is 15.9 Å². The fourth-order valence-electron chi connectivity index (χ4n) is 4.95. The van der Waals surface area contributed by atoms with E-state index < -0.39 is 15.7 Å². The largest absolute Gasteiger partial charge is 0.353 e. The molecule has 3 saturated heterocycles. The smallest absolute Gasteiger partial charge is 0.243 e. The molecule has 1 unspecified atom stereocenters. The van der Waals surface area contributed by atoms with Gasteiger partial charge in [-0.15, -0.1) is 0 Å². The van der Waals surface area contributed by atoms with E-state index in [1.807, 2.05) is 17.0 Å². The van der Waals surface area contributed by atoms with Crippen LogP contribution in [0.5, 0.6) is 0 Å². The molecular formula is C22H25BrN4O4S. The predicted octanol–water partition coefficient (Wildman–Crippen LogP) is 2.07. The van der Waals surface area contributed by atoms with Crippen molar-refractivity contribution in [2.24, 2.45) is 0 Å². The lowest BCUT2D eigenvalue weighted by atomic mass is 9.96. The molecule has 1 amide bonds. The third-order valence-electron chi connectivity index (χ3n) is 6.59. The van der Waals surface area contributed by atoms with Gasteiger partial charge < -0.3 is 9.64 Å². The summed E-state index contributed by atoms with van der Waals surface area (Å²) in [5.41, 5.74) is 0.591. The Morgan fingerprint density at radius 2 is 1.78 bits per heavy atom. The minimum absolute atomic E-state index is 0.152. The number of carbonyl (C=O) groups is 1. The van der Waals surface area contributed by atoms with Crippen LogP contribution in [0.3, 0.4) is 0 Å². The van der Waals surface area contributed by atoms with Gasteiger partial charge in [-0.2, -0.15) is 4.31 Å². The molecule has 0 N–H and O–H groups in total.